The molecule has 0 aliphatic rings. The molecule has 0 unspecified atom stereocenters. The summed E-state index contributed by atoms with van der Waals surface area (Å²) in [5, 5.41) is 0. The van der Waals surface area contributed by atoms with E-state index < -0.39 is 10.1 Å². The van der Waals surface area contributed by atoms with Crippen molar-refractivity contribution >= 4 is 16.2 Å². The first-order valence-corrected chi connectivity index (χ1v) is 7.59. The highest BCUT2D eigenvalue weighted by Gasteiger charge is 2.14. The Bertz CT molecular complexity index is 684. The van der Waals surface area contributed by atoms with Crippen molar-refractivity contribution in [2.45, 2.75) is 18.4 Å². The van der Waals surface area contributed by atoms with Gasteiger partial charge in [0.05, 0.1) is 11.5 Å². The molecule has 0 atom stereocenters. The van der Waals surface area contributed by atoms with Crippen molar-refractivity contribution in [3.63, 3.8) is 0 Å². The Labute approximate surface area is 119 Å². The monoisotopic (exact) mass is 288 g/mol. The maximum Gasteiger partial charge on any atom is 0.297 e. The van der Waals surface area contributed by atoms with E-state index in [0.717, 1.165) is 16.7 Å². The molecule has 0 aliphatic carbocycles. The summed E-state index contributed by atoms with van der Waals surface area (Å²) in [7, 11) is -3.71. The smallest absolute Gasteiger partial charge is 0.262 e. The molecule has 2 rings (SSSR count). The molecule has 0 saturated heterocycles. The molecule has 0 radical (unpaired) electrons. The van der Waals surface area contributed by atoms with E-state index >= 15 is 0 Å². The van der Waals surface area contributed by atoms with Crippen molar-refractivity contribution in [3.8, 4) is 0 Å². The van der Waals surface area contributed by atoms with E-state index in [1.165, 1.54) is 0 Å². The molecule has 0 bridgehead atoms. The molecule has 104 valence electrons. The summed E-state index contributed by atoms with van der Waals surface area (Å²) < 4.78 is 29.1. The molecule has 20 heavy (non-hydrogen) atoms. The molecular formula is C16H16O3S. The van der Waals surface area contributed by atoms with Crippen LogP contribution in [0.2, 0.25) is 0 Å². The second-order valence-electron chi connectivity index (χ2n) is 4.48. The lowest BCUT2D eigenvalue weighted by Gasteiger charge is -2.06. The first kappa shape index (κ1) is 14.5. The predicted octanol–water partition coefficient (Wildman–Crippen LogP) is 3.54. The van der Waals surface area contributed by atoms with Crippen molar-refractivity contribution in [2.24, 2.45) is 0 Å². The van der Waals surface area contributed by atoms with Crippen LogP contribution in [-0.4, -0.2) is 8.42 Å². The Kier molecular flexibility index (Phi) is 4.37. The average molecular weight is 288 g/mol. The van der Waals surface area contributed by atoms with E-state index in [9.17, 15) is 8.42 Å². The van der Waals surface area contributed by atoms with E-state index in [2.05, 4.69) is 6.58 Å². The minimum atomic E-state index is -3.71. The highest BCUT2D eigenvalue weighted by molar-refractivity contribution is 7.86. The van der Waals surface area contributed by atoms with Crippen LogP contribution in [0, 0.1) is 6.92 Å². The van der Waals surface area contributed by atoms with Gasteiger partial charge in [-0.25, -0.2) is 0 Å². The largest absolute Gasteiger partial charge is 0.297 e. The van der Waals surface area contributed by atoms with Gasteiger partial charge in [0.1, 0.15) is 0 Å². The topological polar surface area (TPSA) is 43.4 Å². The highest BCUT2D eigenvalue weighted by atomic mass is 32.2. The Morgan fingerprint density at radius 2 is 1.65 bits per heavy atom. The summed E-state index contributed by atoms with van der Waals surface area (Å²) in [6, 6.07) is 14.0. The van der Waals surface area contributed by atoms with Crippen molar-refractivity contribution in [1.82, 2.24) is 0 Å². The SMILES string of the molecule is C=Cc1ccc(COS(=O)(=O)c2ccc(C)cc2)cc1. The van der Waals surface area contributed by atoms with E-state index in [0.29, 0.717) is 0 Å². The number of rotatable bonds is 5. The fourth-order valence-electron chi connectivity index (χ4n) is 1.67. The molecule has 0 heterocycles. The van der Waals surface area contributed by atoms with Gasteiger partial charge in [-0.3, -0.25) is 4.18 Å². The lowest BCUT2D eigenvalue weighted by atomic mass is 10.1. The second kappa shape index (κ2) is 6.03. The van der Waals surface area contributed by atoms with Crippen LogP contribution in [0.4, 0.5) is 0 Å². The molecule has 0 N–H and O–H groups in total. The summed E-state index contributed by atoms with van der Waals surface area (Å²) in [4.78, 5) is 0.172. The molecule has 0 spiro atoms. The van der Waals surface area contributed by atoms with E-state index in [-0.39, 0.29) is 11.5 Å². The van der Waals surface area contributed by atoms with E-state index in [1.807, 2.05) is 31.2 Å². The van der Waals surface area contributed by atoms with Crippen LogP contribution < -0.4 is 0 Å². The van der Waals surface area contributed by atoms with Gasteiger partial charge in [-0.2, -0.15) is 8.42 Å². The van der Waals surface area contributed by atoms with Crippen molar-refractivity contribution in [2.75, 3.05) is 0 Å². The van der Waals surface area contributed by atoms with Gasteiger partial charge in [-0.15, -0.1) is 0 Å². The third kappa shape index (κ3) is 3.56. The van der Waals surface area contributed by atoms with Gasteiger partial charge in [-0.05, 0) is 30.2 Å². The zero-order valence-corrected chi connectivity index (χ0v) is 12.1. The Balaban J connectivity index is 2.08. The van der Waals surface area contributed by atoms with Gasteiger partial charge >= 0.3 is 0 Å². The van der Waals surface area contributed by atoms with Crippen molar-refractivity contribution < 1.29 is 12.6 Å². The Morgan fingerprint density at radius 1 is 1.05 bits per heavy atom. The average Bonchev–Trinajstić information content (AvgIpc) is 2.46. The molecular weight excluding hydrogens is 272 g/mol. The summed E-state index contributed by atoms with van der Waals surface area (Å²) in [6.07, 6.45) is 1.73. The van der Waals surface area contributed by atoms with Gasteiger partial charge in [0.2, 0.25) is 0 Å². The molecule has 4 heteroatoms. The zero-order valence-electron chi connectivity index (χ0n) is 11.2. The number of benzene rings is 2. The van der Waals surface area contributed by atoms with E-state index in [1.54, 1.807) is 30.3 Å². The Morgan fingerprint density at radius 3 is 2.20 bits per heavy atom. The minimum Gasteiger partial charge on any atom is -0.262 e. The maximum absolute atomic E-state index is 12.0. The minimum absolute atomic E-state index is 0.0215. The number of hydrogen-bond acceptors (Lipinski definition) is 3. The molecule has 2 aromatic rings. The summed E-state index contributed by atoms with van der Waals surface area (Å²) in [5.41, 5.74) is 2.78. The predicted molar refractivity (Wildman–Crippen MR) is 79.7 cm³/mol. The summed E-state index contributed by atoms with van der Waals surface area (Å²) in [6.45, 7) is 5.59. The van der Waals surface area contributed by atoms with Crippen molar-refractivity contribution in [3.05, 3.63) is 71.8 Å². The van der Waals surface area contributed by atoms with E-state index in [4.69, 9.17) is 4.18 Å². The lowest BCUT2D eigenvalue weighted by molar-refractivity contribution is 0.308. The van der Waals surface area contributed by atoms with Crippen LogP contribution in [0.1, 0.15) is 16.7 Å². The molecule has 0 aliphatic heterocycles. The van der Waals surface area contributed by atoms with Gasteiger partial charge < -0.3 is 0 Å². The molecule has 0 saturated carbocycles. The molecule has 0 aromatic heterocycles. The fourth-order valence-corrected chi connectivity index (χ4v) is 2.57. The standard InChI is InChI=1S/C16H16O3S/c1-3-14-6-8-15(9-7-14)12-19-20(17,18)16-10-4-13(2)5-11-16/h3-11H,1,12H2,2H3. The second-order valence-corrected chi connectivity index (χ2v) is 6.09. The van der Waals surface area contributed by atoms with Gasteiger partial charge in [-0.1, -0.05) is 54.6 Å². The van der Waals surface area contributed by atoms with Gasteiger partial charge in [0.25, 0.3) is 10.1 Å². The van der Waals surface area contributed by atoms with Gasteiger partial charge in [0.15, 0.2) is 0 Å². The molecule has 0 amide bonds. The lowest BCUT2D eigenvalue weighted by Crippen LogP contribution is -2.06. The number of aryl methyl sites for hydroxylation is 1. The zero-order chi connectivity index (χ0) is 14.6. The van der Waals surface area contributed by atoms with Crippen LogP contribution >= 0.6 is 0 Å². The fraction of sp³-hybridized carbons (Fsp3) is 0.125. The van der Waals surface area contributed by atoms with Crippen LogP contribution in [0.25, 0.3) is 6.08 Å². The van der Waals surface area contributed by atoms with Crippen LogP contribution in [0.15, 0.2) is 60.0 Å². The maximum atomic E-state index is 12.0. The van der Waals surface area contributed by atoms with Crippen LogP contribution in [-0.2, 0) is 20.9 Å². The number of hydrogen-bond donors (Lipinski definition) is 0. The third-order valence-corrected chi connectivity index (χ3v) is 4.18. The highest BCUT2D eigenvalue weighted by Crippen LogP contribution is 2.15. The van der Waals surface area contributed by atoms with Gasteiger partial charge in [0, 0.05) is 0 Å². The first-order chi connectivity index (χ1) is 9.51. The summed E-state index contributed by atoms with van der Waals surface area (Å²) in [5.74, 6) is 0. The van der Waals surface area contributed by atoms with Crippen LogP contribution in [0.5, 0.6) is 0 Å². The summed E-state index contributed by atoms with van der Waals surface area (Å²) >= 11 is 0. The Hall–Kier alpha value is -1.91. The van der Waals surface area contributed by atoms with Crippen LogP contribution in [0.3, 0.4) is 0 Å². The quantitative estimate of drug-likeness (QED) is 0.790. The molecule has 0 fully saturated rings. The first-order valence-electron chi connectivity index (χ1n) is 6.19. The van der Waals surface area contributed by atoms with Crippen molar-refractivity contribution in [1.29, 1.82) is 0 Å². The molecule has 2 aromatic carbocycles. The molecule has 3 nitrogen and oxygen atoms in total. The normalized spacial score (nSPS) is 11.2. The third-order valence-electron chi connectivity index (χ3n) is 2.91.